The minimum absolute atomic E-state index is 0.278. The van der Waals surface area contributed by atoms with Gasteiger partial charge in [0.15, 0.2) is 40.5 Å². The van der Waals surface area contributed by atoms with Gasteiger partial charge in [0.05, 0.1) is 0 Å². The highest BCUT2D eigenvalue weighted by atomic mass is 19.1. The first kappa shape index (κ1) is 52.0. The molecule has 3 heterocycles. The molecule has 416 valence electrons. The Hall–Kier alpha value is -11.6. The van der Waals surface area contributed by atoms with Crippen LogP contribution in [0.4, 0.5) is 17.6 Å². The molecule has 15 aromatic rings. The summed E-state index contributed by atoms with van der Waals surface area (Å²) in [5.74, 6) is 1.10. The van der Waals surface area contributed by atoms with Crippen LogP contribution in [0.2, 0.25) is 0 Å². The second kappa shape index (κ2) is 20.9. The smallest absolute Gasteiger partial charge is 0.185 e. The lowest BCUT2D eigenvalue weighted by molar-refractivity contribution is 0.152. The lowest BCUT2D eigenvalue weighted by Crippen LogP contribution is -2.38. The average Bonchev–Trinajstić information content (AvgIpc) is 0.817. The second-order valence-corrected chi connectivity index (χ2v) is 21.9. The van der Waals surface area contributed by atoms with Crippen LogP contribution in [0.1, 0.15) is 16.7 Å². The van der Waals surface area contributed by atoms with Crippen LogP contribution in [0.5, 0.6) is 5.75 Å². The molecule has 1 aliphatic rings. The summed E-state index contributed by atoms with van der Waals surface area (Å²) in [6, 6.07) is 82.1. The predicted molar refractivity (Wildman–Crippen MR) is 340 cm³/mol. The number of rotatable bonds is 9. The molecule has 0 unspecified atom stereocenters. The van der Waals surface area contributed by atoms with Crippen molar-refractivity contribution < 1.29 is 22.3 Å². The Bertz CT molecular complexity index is 5190. The molecule has 16 rings (SSSR count). The largest absolute Gasteiger partial charge is 0.472 e. The summed E-state index contributed by atoms with van der Waals surface area (Å²) in [4.78, 5) is 31.4. The monoisotopic (exact) mass is 1140 g/mol. The normalized spacial score (nSPS) is 12.5. The zero-order chi connectivity index (χ0) is 59.0. The Morgan fingerprint density at radius 3 is 1.30 bits per heavy atom. The fourth-order valence-electron chi connectivity index (χ4n) is 12.3. The van der Waals surface area contributed by atoms with Gasteiger partial charge in [0.25, 0.3) is 0 Å². The standard InChI is InChI=1S/C77H44F4N6O/c78-59-30-25-46-36-52(22-19-48(46)39-59)71-82-72(53-23-20-49-40-60(79)31-26-47(49)37-53)84-74(83-71)55-28-33-64(51-27-34-66-65-15-7-8-17-69(65)77(88-70(66)44-51,57-11-3-1-4-12-57)58-13-5-2-6-14-58)68(43-55)76-86-73(54-21-18-45-24-29-61(80)42-56(45)38-54)85-75(87-76)67-16-9-10-50-41-62(81)32-35-63(50)67/h1-44H. The van der Waals surface area contributed by atoms with E-state index in [-0.39, 0.29) is 29.1 Å². The number of halogens is 4. The van der Waals surface area contributed by atoms with Crippen molar-refractivity contribution in [2.45, 2.75) is 5.60 Å². The highest BCUT2D eigenvalue weighted by Crippen LogP contribution is 2.53. The van der Waals surface area contributed by atoms with Crippen molar-refractivity contribution in [3.8, 4) is 96.3 Å². The topological polar surface area (TPSA) is 86.6 Å². The molecule has 0 saturated heterocycles. The fraction of sp³-hybridized carbons (Fsp3) is 0.0130. The van der Waals surface area contributed by atoms with Gasteiger partial charge in [-0.2, -0.15) is 0 Å². The molecular weight excluding hydrogens is 1100 g/mol. The van der Waals surface area contributed by atoms with Crippen molar-refractivity contribution in [1.29, 1.82) is 0 Å². The first-order chi connectivity index (χ1) is 43.1. The number of nitrogens with zero attached hydrogens (tertiary/aromatic N) is 6. The van der Waals surface area contributed by atoms with Gasteiger partial charge in [-0.25, -0.2) is 47.5 Å². The van der Waals surface area contributed by atoms with E-state index < -0.39 is 5.60 Å². The molecule has 0 fully saturated rings. The van der Waals surface area contributed by atoms with Gasteiger partial charge in [-0.05, 0) is 139 Å². The molecule has 88 heavy (non-hydrogen) atoms. The molecule has 11 heteroatoms. The van der Waals surface area contributed by atoms with E-state index >= 15 is 0 Å². The van der Waals surface area contributed by atoms with Gasteiger partial charge >= 0.3 is 0 Å². The van der Waals surface area contributed by atoms with Crippen molar-refractivity contribution in [3.05, 3.63) is 307 Å². The SMILES string of the molecule is Fc1ccc2cc(-c3nc(-c4ccc(-c5ccc6c(c5)OC(c5ccccc5)(c5ccccc5)c5ccccc5-6)c(-c5nc(-c6ccc7ccc(F)cc7c6)nc(-c6cccc7cc(F)ccc67)n5)c4)nc(-c4ccc5cc(F)ccc5c4)n3)ccc2c1. The molecule has 0 aliphatic carbocycles. The van der Waals surface area contributed by atoms with Gasteiger partial charge in [0.2, 0.25) is 0 Å². The van der Waals surface area contributed by atoms with E-state index in [1.54, 1.807) is 24.3 Å². The number of benzene rings is 13. The number of hydrogen-bond acceptors (Lipinski definition) is 7. The number of hydrogen-bond donors (Lipinski definition) is 0. The van der Waals surface area contributed by atoms with Gasteiger partial charge in [0.1, 0.15) is 29.0 Å². The third kappa shape index (κ3) is 9.15. The third-order valence-corrected chi connectivity index (χ3v) is 16.6. The van der Waals surface area contributed by atoms with Gasteiger partial charge in [-0.3, -0.25) is 0 Å². The van der Waals surface area contributed by atoms with Gasteiger partial charge < -0.3 is 4.74 Å². The molecule has 13 aromatic carbocycles. The summed E-state index contributed by atoms with van der Waals surface area (Å²) < 4.78 is 66.5. The minimum atomic E-state index is -1.05. The molecular formula is C77H44F4N6O. The summed E-state index contributed by atoms with van der Waals surface area (Å²) >= 11 is 0. The molecule has 0 N–H and O–H groups in total. The summed E-state index contributed by atoms with van der Waals surface area (Å²) in [7, 11) is 0. The lowest BCUT2D eigenvalue weighted by atomic mass is 9.75. The quantitative estimate of drug-likeness (QED) is 0.133. The van der Waals surface area contributed by atoms with E-state index in [1.807, 2.05) is 140 Å². The molecule has 0 amide bonds. The average molecular weight is 1150 g/mol. The minimum Gasteiger partial charge on any atom is -0.472 e. The molecule has 0 radical (unpaired) electrons. The van der Waals surface area contributed by atoms with Crippen LogP contribution in [-0.4, -0.2) is 29.9 Å². The summed E-state index contributed by atoms with van der Waals surface area (Å²) in [5, 5.41) is 5.87. The molecule has 0 atom stereocenters. The lowest BCUT2D eigenvalue weighted by Gasteiger charge is -2.41. The van der Waals surface area contributed by atoms with Crippen molar-refractivity contribution in [3.63, 3.8) is 0 Å². The number of fused-ring (bicyclic) bond motifs is 7. The molecule has 0 spiro atoms. The summed E-state index contributed by atoms with van der Waals surface area (Å²) in [6.07, 6.45) is 0. The van der Waals surface area contributed by atoms with E-state index in [0.717, 1.165) is 60.5 Å². The van der Waals surface area contributed by atoms with E-state index in [2.05, 4.69) is 54.6 Å². The Morgan fingerprint density at radius 1 is 0.250 bits per heavy atom. The first-order valence-electron chi connectivity index (χ1n) is 28.6. The molecule has 0 bridgehead atoms. The van der Waals surface area contributed by atoms with E-state index in [4.69, 9.17) is 34.6 Å². The Kier molecular flexibility index (Phi) is 12.4. The van der Waals surface area contributed by atoms with Gasteiger partial charge in [-0.1, -0.05) is 188 Å². The number of ether oxygens (including phenoxy) is 1. The van der Waals surface area contributed by atoms with Crippen molar-refractivity contribution in [1.82, 2.24) is 29.9 Å². The molecule has 0 saturated carbocycles. The van der Waals surface area contributed by atoms with Gasteiger partial charge in [-0.15, -0.1) is 0 Å². The zero-order valence-electron chi connectivity index (χ0n) is 46.5. The Labute approximate surface area is 501 Å². The molecule has 1 aliphatic heterocycles. The van der Waals surface area contributed by atoms with Crippen LogP contribution in [0, 0.1) is 23.3 Å². The predicted octanol–water partition coefficient (Wildman–Crippen LogP) is 19.2. The molecule has 2 aromatic heterocycles. The van der Waals surface area contributed by atoms with Crippen LogP contribution in [0.15, 0.2) is 267 Å². The van der Waals surface area contributed by atoms with Crippen LogP contribution in [0.25, 0.3) is 134 Å². The summed E-state index contributed by atoms with van der Waals surface area (Å²) in [6.45, 7) is 0. The maximum absolute atomic E-state index is 15.0. The fourth-order valence-corrected chi connectivity index (χ4v) is 12.3. The highest BCUT2D eigenvalue weighted by Gasteiger charge is 2.44. The Balaban J connectivity index is 0.950. The van der Waals surface area contributed by atoms with Crippen LogP contribution in [-0.2, 0) is 5.60 Å². The number of aromatic nitrogens is 6. The Morgan fingerprint density at radius 2 is 0.670 bits per heavy atom. The van der Waals surface area contributed by atoms with Crippen molar-refractivity contribution in [2.24, 2.45) is 0 Å². The maximum atomic E-state index is 15.0. The summed E-state index contributed by atoms with van der Waals surface area (Å²) in [5.41, 5.74) is 9.02. The van der Waals surface area contributed by atoms with E-state index in [9.17, 15) is 17.6 Å². The van der Waals surface area contributed by atoms with E-state index in [0.29, 0.717) is 89.8 Å². The van der Waals surface area contributed by atoms with Crippen LogP contribution in [0.3, 0.4) is 0 Å². The van der Waals surface area contributed by atoms with Crippen LogP contribution >= 0.6 is 0 Å². The van der Waals surface area contributed by atoms with Gasteiger partial charge in [0, 0.05) is 55.6 Å². The van der Waals surface area contributed by atoms with Crippen molar-refractivity contribution in [2.75, 3.05) is 0 Å². The highest BCUT2D eigenvalue weighted by molar-refractivity contribution is 5.97. The molecule has 7 nitrogen and oxygen atoms in total. The third-order valence-electron chi connectivity index (χ3n) is 16.6. The second-order valence-electron chi connectivity index (χ2n) is 21.9. The maximum Gasteiger partial charge on any atom is 0.185 e. The first-order valence-corrected chi connectivity index (χ1v) is 28.6. The van der Waals surface area contributed by atoms with Crippen molar-refractivity contribution >= 4 is 43.1 Å². The van der Waals surface area contributed by atoms with Crippen LogP contribution < -0.4 is 4.74 Å². The van der Waals surface area contributed by atoms with E-state index in [1.165, 1.54) is 48.5 Å². The zero-order valence-corrected chi connectivity index (χ0v) is 46.5.